The second-order valence-electron chi connectivity index (χ2n) is 5.02. The summed E-state index contributed by atoms with van der Waals surface area (Å²) < 4.78 is 5.30. The summed E-state index contributed by atoms with van der Waals surface area (Å²) in [5.41, 5.74) is 1.60. The van der Waals surface area contributed by atoms with Crippen LogP contribution >= 0.6 is 0 Å². The number of aryl methyl sites for hydroxylation is 1. The Balaban J connectivity index is 2.92. The highest BCUT2D eigenvalue weighted by Crippen LogP contribution is 2.25. The van der Waals surface area contributed by atoms with Crippen LogP contribution in [0.25, 0.3) is 0 Å². The number of hydrogen-bond donors (Lipinski definition) is 1. The molecule has 0 heterocycles. The van der Waals surface area contributed by atoms with E-state index >= 15 is 0 Å². The van der Waals surface area contributed by atoms with Gasteiger partial charge in [0.1, 0.15) is 5.75 Å². The fourth-order valence-corrected chi connectivity index (χ4v) is 1.95. The molecule has 1 aromatic carbocycles. The van der Waals surface area contributed by atoms with E-state index in [1.807, 2.05) is 33.0 Å². The summed E-state index contributed by atoms with van der Waals surface area (Å²) in [6.45, 7) is 6.33. The molecular weight excluding hydrogens is 214 g/mol. The van der Waals surface area contributed by atoms with Crippen molar-refractivity contribution in [2.24, 2.45) is 0 Å². The molecule has 1 rings (SSSR count). The average Bonchev–Trinajstić information content (AvgIpc) is 2.25. The third kappa shape index (κ3) is 3.93. The summed E-state index contributed by atoms with van der Waals surface area (Å²) in [5, 5.41) is 9.81. The van der Waals surface area contributed by atoms with Crippen molar-refractivity contribution in [3.05, 3.63) is 23.8 Å². The van der Waals surface area contributed by atoms with Gasteiger partial charge in [-0.15, -0.1) is 0 Å². The largest absolute Gasteiger partial charge is 0.496 e. The van der Waals surface area contributed by atoms with Crippen molar-refractivity contribution in [1.29, 1.82) is 0 Å². The van der Waals surface area contributed by atoms with Crippen molar-refractivity contribution >= 4 is 5.69 Å². The van der Waals surface area contributed by atoms with Crippen LogP contribution in [-0.2, 0) is 6.42 Å². The Hall–Kier alpha value is -1.22. The molecular formula is C14H23NO2. The SMILES string of the molecule is CCc1cc(N(C)CC(C)(C)O)ccc1OC. The summed E-state index contributed by atoms with van der Waals surface area (Å²) in [6.07, 6.45) is 0.938. The maximum atomic E-state index is 9.81. The highest BCUT2D eigenvalue weighted by molar-refractivity contribution is 5.53. The number of rotatable bonds is 5. The van der Waals surface area contributed by atoms with Gasteiger partial charge in [0.05, 0.1) is 12.7 Å². The second kappa shape index (κ2) is 5.41. The number of aliphatic hydroxyl groups is 1. The summed E-state index contributed by atoms with van der Waals surface area (Å²) in [4.78, 5) is 2.05. The second-order valence-corrected chi connectivity index (χ2v) is 5.02. The lowest BCUT2D eigenvalue weighted by Crippen LogP contribution is -2.36. The van der Waals surface area contributed by atoms with Gasteiger partial charge in [-0.3, -0.25) is 0 Å². The van der Waals surface area contributed by atoms with Crippen molar-refractivity contribution in [1.82, 2.24) is 0 Å². The molecule has 0 saturated carbocycles. The van der Waals surface area contributed by atoms with Crippen molar-refractivity contribution in [2.45, 2.75) is 32.8 Å². The highest BCUT2D eigenvalue weighted by atomic mass is 16.5. The molecule has 0 aliphatic carbocycles. The van der Waals surface area contributed by atoms with Crippen molar-refractivity contribution < 1.29 is 9.84 Å². The Bertz CT molecular complexity index is 369. The number of methoxy groups -OCH3 is 1. The molecule has 0 atom stereocenters. The van der Waals surface area contributed by atoms with Gasteiger partial charge in [0.25, 0.3) is 0 Å². The Morgan fingerprint density at radius 1 is 1.35 bits per heavy atom. The molecule has 0 aromatic heterocycles. The maximum Gasteiger partial charge on any atom is 0.122 e. The standard InChI is InChI=1S/C14H23NO2/c1-6-11-9-12(7-8-13(11)17-5)15(4)10-14(2,3)16/h7-9,16H,6,10H2,1-5H3. The van der Waals surface area contributed by atoms with Crippen LogP contribution in [0, 0.1) is 0 Å². The Morgan fingerprint density at radius 2 is 2.00 bits per heavy atom. The van der Waals surface area contributed by atoms with Crippen molar-refractivity contribution in [3.8, 4) is 5.75 Å². The molecule has 0 spiro atoms. The summed E-state index contributed by atoms with van der Waals surface area (Å²) in [5.74, 6) is 0.924. The molecule has 0 fully saturated rings. The maximum absolute atomic E-state index is 9.81. The predicted molar refractivity (Wildman–Crippen MR) is 71.9 cm³/mol. The Kier molecular flexibility index (Phi) is 4.40. The van der Waals surface area contributed by atoms with Crippen LogP contribution in [0.2, 0.25) is 0 Å². The lowest BCUT2D eigenvalue weighted by molar-refractivity contribution is 0.0886. The van der Waals surface area contributed by atoms with Gasteiger partial charge in [-0.2, -0.15) is 0 Å². The van der Waals surface area contributed by atoms with E-state index in [0.29, 0.717) is 6.54 Å². The molecule has 3 nitrogen and oxygen atoms in total. The van der Waals surface area contributed by atoms with Crippen LogP contribution in [0.15, 0.2) is 18.2 Å². The zero-order valence-corrected chi connectivity index (χ0v) is 11.4. The number of anilines is 1. The molecule has 0 unspecified atom stereocenters. The van der Waals surface area contributed by atoms with E-state index in [4.69, 9.17) is 4.74 Å². The molecule has 0 aliphatic heterocycles. The normalized spacial score (nSPS) is 11.4. The van der Waals surface area contributed by atoms with E-state index in [-0.39, 0.29) is 0 Å². The van der Waals surface area contributed by atoms with Crippen LogP contribution in [-0.4, -0.2) is 31.4 Å². The number of ether oxygens (including phenoxy) is 1. The molecule has 1 N–H and O–H groups in total. The zero-order chi connectivity index (χ0) is 13.1. The molecule has 0 saturated heterocycles. The molecule has 0 radical (unpaired) electrons. The quantitative estimate of drug-likeness (QED) is 0.854. The topological polar surface area (TPSA) is 32.7 Å². The van der Waals surface area contributed by atoms with Gasteiger partial charge in [0.15, 0.2) is 0 Å². The van der Waals surface area contributed by atoms with E-state index in [0.717, 1.165) is 17.9 Å². The van der Waals surface area contributed by atoms with Crippen molar-refractivity contribution in [3.63, 3.8) is 0 Å². The number of hydrogen-bond acceptors (Lipinski definition) is 3. The first kappa shape index (κ1) is 13.8. The lowest BCUT2D eigenvalue weighted by atomic mass is 10.1. The van der Waals surface area contributed by atoms with E-state index in [1.165, 1.54) is 5.56 Å². The van der Waals surface area contributed by atoms with Crippen LogP contribution in [0.3, 0.4) is 0 Å². The first-order chi connectivity index (χ1) is 7.87. The van der Waals surface area contributed by atoms with Gasteiger partial charge < -0.3 is 14.7 Å². The fourth-order valence-electron chi connectivity index (χ4n) is 1.95. The van der Waals surface area contributed by atoms with Crippen LogP contribution < -0.4 is 9.64 Å². The Labute approximate surface area is 104 Å². The molecule has 0 bridgehead atoms. The highest BCUT2D eigenvalue weighted by Gasteiger charge is 2.16. The summed E-state index contributed by atoms with van der Waals surface area (Å²) >= 11 is 0. The smallest absolute Gasteiger partial charge is 0.122 e. The van der Waals surface area contributed by atoms with Crippen LogP contribution in [0.5, 0.6) is 5.75 Å². The first-order valence-corrected chi connectivity index (χ1v) is 5.98. The van der Waals surface area contributed by atoms with E-state index < -0.39 is 5.60 Å². The van der Waals surface area contributed by atoms with Crippen LogP contribution in [0.4, 0.5) is 5.69 Å². The third-order valence-corrected chi connectivity index (χ3v) is 2.71. The minimum Gasteiger partial charge on any atom is -0.496 e. The fraction of sp³-hybridized carbons (Fsp3) is 0.571. The predicted octanol–water partition coefficient (Wildman–Crippen LogP) is 2.46. The van der Waals surface area contributed by atoms with E-state index in [9.17, 15) is 5.11 Å². The molecule has 1 aromatic rings. The molecule has 0 amide bonds. The number of likely N-dealkylation sites (N-methyl/N-ethyl adjacent to an activating group) is 1. The molecule has 96 valence electrons. The minimum atomic E-state index is -0.693. The Morgan fingerprint density at radius 3 is 2.47 bits per heavy atom. The average molecular weight is 237 g/mol. The zero-order valence-electron chi connectivity index (χ0n) is 11.4. The van der Waals surface area contributed by atoms with Crippen LogP contribution in [0.1, 0.15) is 26.3 Å². The van der Waals surface area contributed by atoms with Gasteiger partial charge in [-0.25, -0.2) is 0 Å². The first-order valence-electron chi connectivity index (χ1n) is 5.98. The van der Waals surface area contributed by atoms with Gasteiger partial charge in [0.2, 0.25) is 0 Å². The van der Waals surface area contributed by atoms with E-state index in [1.54, 1.807) is 7.11 Å². The van der Waals surface area contributed by atoms with Gasteiger partial charge in [0, 0.05) is 19.3 Å². The van der Waals surface area contributed by atoms with Gasteiger partial charge in [-0.05, 0) is 44.0 Å². The minimum absolute atomic E-state index is 0.600. The van der Waals surface area contributed by atoms with Crippen molar-refractivity contribution in [2.75, 3.05) is 25.6 Å². The molecule has 0 aliphatic rings. The third-order valence-electron chi connectivity index (χ3n) is 2.71. The molecule has 3 heteroatoms. The summed E-state index contributed by atoms with van der Waals surface area (Å²) in [6, 6.07) is 6.11. The lowest BCUT2D eigenvalue weighted by Gasteiger charge is -2.27. The molecule has 17 heavy (non-hydrogen) atoms. The van der Waals surface area contributed by atoms with Gasteiger partial charge >= 0.3 is 0 Å². The van der Waals surface area contributed by atoms with E-state index in [2.05, 4.69) is 17.9 Å². The van der Waals surface area contributed by atoms with Gasteiger partial charge in [-0.1, -0.05) is 6.92 Å². The number of benzene rings is 1. The number of nitrogens with zero attached hydrogens (tertiary/aromatic N) is 1. The monoisotopic (exact) mass is 237 g/mol. The summed E-state index contributed by atoms with van der Waals surface area (Å²) in [7, 11) is 3.67.